The number of hydrogen-bond donors (Lipinski definition) is 1. The topological polar surface area (TPSA) is 165 Å². The van der Waals surface area contributed by atoms with Crippen LogP contribution in [0.4, 0.5) is 10.5 Å². The molecular formula is C22H22N4O9. The molecule has 0 atom stereocenters. The van der Waals surface area contributed by atoms with E-state index in [0.29, 0.717) is 11.3 Å². The van der Waals surface area contributed by atoms with E-state index in [1.165, 1.54) is 14.2 Å². The van der Waals surface area contributed by atoms with Gasteiger partial charge in [0, 0.05) is 6.07 Å². The van der Waals surface area contributed by atoms with Crippen molar-refractivity contribution in [2.75, 3.05) is 14.2 Å². The quantitative estimate of drug-likeness (QED) is 0.193. The summed E-state index contributed by atoms with van der Waals surface area (Å²) >= 11 is 0. The number of rotatable bonds is 10. The molecule has 3 rings (SSSR count). The second-order valence-corrected chi connectivity index (χ2v) is 7.39. The van der Waals surface area contributed by atoms with Gasteiger partial charge in [-0.2, -0.15) is 0 Å². The highest BCUT2D eigenvalue weighted by Gasteiger charge is 2.32. The number of methoxy groups -OCH3 is 2. The largest absolute Gasteiger partial charge is 0.512 e. The Bertz CT molecular complexity index is 1250. The predicted molar refractivity (Wildman–Crippen MR) is 120 cm³/mol. The Balaban J connectivity index is 2.09. The molecule has 0 amide bonds. The van der Waals surface area contributed by atoms with Gasteiger partial charge in [0.25, 0.3) is 11.6 Å². The van der Waals surface area contributed by atoms with E-state index in [1.807, 2.05) is 0 Å². The molecule has 0 unspecified atom stereocenters. The summed E-state index contributed by atoms with van der Waals surface area (Å²) in [5, 5.41) is 28.5. The molecule has 0 saturated carbocycles. The smallest absolute Gasteiger partial charge is 0.497 e. The first-order chi connectivity index (χ1) is 16.6. The molecule has 0 aliphatic rings. The van der Waals surface area contributed by atoms with Crippen molar-refractivity contribution in [3.8, 4) is 23.1 Å². The molecule has 2 aromatic carbocycles. The van der Waals surface area contributed by atoms with Crippen molar-refractivity contribution >= 4 is 17.6 Å². The van der Waals surface area contributed by atoms with Crippen LogP contribution in [0, 0.1) is 10.1 Å². The molecule has 0 radical (unpaired) electrons. The maximum atomic E-state index is 13.4. The molecule has 35 heavy (non-hydrogen) atoms. The second-order valence-electron chi connectivity index (χ2n) is 7.39. The van der Waals surface area contributed by atoms with Gasteiger partial charge in [-0.3, -0.25) is 14.9 Å². The summed E-state index contributed by atoms with van der Waals surface area (Å²) in [7, 11) is 2.82. The Morgan fingerprint density at radius 2 is 1.80 bits per heavy atom. The average Bonchev–Trinajstić information content (AvgIpc) is 3.19. The van der Waals surface area contributed by atoms with Gasteiger partial charge in [0.05, 0.1) is 37.9 Å². The molecule has 1 aromatic heterocycles. The lowest BCUT2D eigenvalue weighted by molar-refractivity contribution is -0.385. The van der Waals surface area contributed by atoms with Gasteiger partial charge < -0.3 is 24.1 Å². The van der Waals surface area contributed by atoms with Gasteiger partial charge in [-0.05, 0) is 31.5 Å². The van der Waals surface area contributed by atoms with Crippen LogP contribution in [-0.2, 0) is 6.54 Å². The molecular weight excluding hydrogens is 464 g/mol. The summed E-state index contributed by atoms with van der Waals surface area (Å²) < 4.78 is 21.7. The minimum atomic E-state index is -1.72. The standard InChI is InChI=1S/C22H22N4O9/c1-12(2)34-18-9-15(16(26(30)31)10-17(18)33-4)20(27)19-21(35-22(28)29)25(24-23-19)11-13-5-7-14(32-3)8-6-13/h5-10,12H,11H2,1-4H3,(H,28,29). The van der Waals surface area contributed by atoms with Crippen molar-refractivity contribution in [3.63, 3.8) is 0 Å². The molecule has 184 valence electrons. The number of nitrogens with zero attached hydrogens (tertiary/aromatic N) is 4. The molecule has 13 nitrogen and oxygen atoms in total. The van der Waals surface area contributed by atoms with E-state index in [1.54, 1.807) is 38.1 Å². The van der Waals surface area contributed by atoms with Crippen LogP contribution in [0.15, 0.2) is 36.4 Å². The van der Waals surface area contributed by atoms with Crippen molar-refractivity contribution in [2.45, 2.75) is 26.5 Å². The van der Waals surface area contributed by atoms with E-state index >= 15 is 0 Å². The van der Waals surface area contributed by atoms with E-state index in [9.17, 15) is 24.8 Å². The number of nitro groups is 1. The Labute approximate surface area is 198 Å². The van der Waals surface area contributed by atoms with Crippen LogP contribution in [0.2, 0.25) is 0 Å². The van der Waals surface area contributed by atoms with Crippen molar-refractivity contribution in [1.29, 1.82) is 0 Å². The van der Waals surface area contributed by atoms with Gasteiger partial charge >= 0.3 is 6.16 Å². The SMILES string of the molecule is COc1ccc(Cn2nnc(C(=O)c3cc(OC(C)C)c(OC)cc3[N+](=O)[O-])c2OC(=O)O)cc1. The van der Waals surface area contributed by atoms with Gasteiger partial charge in [0.15, 0.2) is 17.2 Å². The highest BCUT2D eigenvalue weighted by Crippen LogP contribution is 2.37. The molecule has 3 aromatic rings. The number of carbonyl (C=O) groups is 2. The summed E-state index contributed by atoms with van der Waals surface area (Å²) in [6.07, 6.45) is -2.05. The van der Waals surface area contributed by atoms with Gasteiger partial charge in [0.1, 0.15) is 11.3 Å². The monoisotopic (exact) mass is 486 g/mol. The van der Waals surface area contributed by atoms with Crippen molar-refractivity contribution < 1.29 is 38.6 Å². The number of carbonyl (C=O) groups excluding carboxylic acids is 1. The average molecular weight is 486 g/mol. The van der Waals surface area contributed by atoms with Gasteiger partial charge in [0.2, 0.25) is 5.78 Å². The molecule has 13 heteroatoms. The summed E-state index contributed by atoms with van der Waals surface area (Å²) in [5.74, 6) is -0.730. The van der Waals surface area contributed by atoms with Crippen molar-refractivity contribution in [3.05, 3.63) is 63.3 Å². The lowest BCUT2D eigenvalue weighted by Crippen LogP contribution is -2.14. The van der Waals surface area contributed by atoms with E-state index in [2.05, 4.69) is 10.3 Å². The molecule has 0 aliphatic heterocycles. The fourth-order valence-corrected chi connectivity index (χ4v) is 3.15. The zero-order valence-corrected chi connectivity index (χ0v) is 19.3. The molecule has 0 spiro atoms. The van der Waals surface area contributed by atoms with Crippen molar-refractivity contribution in [1.82, 2.24) is 15.0 Å². The molecule has 1 heterocycles. The summed E-state index contributed by atoms with van der Waals surface area (Å²) in [6, 6.07) is 8.98. The Kier molecular flexibility index (Phi) is 7.49. The Morgan fingerprint density at radius 1 is 1.11 bits per heavy atom. The van der Waals surface area contributed by atoms with Gasteiger partial charge in [-0.1, -0.05) is 17.3 Å². The Hall–Kier alpha value is -4.68. The molecule has 0 bridgehead atoms. The van der Waals surface area contributed by atoms with Crippen LogP contribution in [-0.4, -0.2) is 57.3 Å². The number of ketones is 1. The predicted octanol–water partition coefficient (Wildman–Crippen LogP) is 3.33. The highest BCUT2D eigenvalue weighted by molar-refractivity contribution is 6.12. The molecule has 0 aliphatic carbocycles. The third-order valence-electron chi connectivity index (χ3n) is 4.67. The van der Waals surface area contributed by atoms with E-state index in [-0.39, 0.29) is 24.1 Å². The zero-order chi connectivity index (χ0) is 25.7. The first-order valence-corrected chi connectivity index (χ1v) is 10.2. The van der Waals surface area contributed by atoms with Crippen LogP contribution in [0.25, 0.3) is 0 Å². The highest BCUT2D eigenvalue weighted by atomic mass is 16.7. The van der Waals surface area contributed by atoms with Crippen LogP contribution in [0.1, 0.15) is 35.5 Å². The number of carboxylic acid groups (broad SMARTS) is 1. The van der Waals surface area contributed by atoms with Gasteiger partial charge in [-0.15, -0.1) is 5.10 Å². The second kappa shape index (κ2) is 10.5. The number of nitro benzene ring substituents is 1. The van der Waals surface area contributed by atoms with Crippen molar-refractivity contribution in [2.24, 2.45) is 0 Å². The number of benzene rings is 2. The number of aromatic nitrogens is 3. The molecule has 0 saturated heterocycles. The Morgan fingerprint density at radius 3 is 2.34 bits per heavy atom. The first-order valence-electron chi connectivity index (χ1n) is 10.2. The minimum absolute atomic E-state index is 0.000691. The summed E-state index contributed by atoms with van der Waals surface area (Å²) in [5.41, 5.74) is -0.843. The lowest BCUT2D eigenvalue weighted by Gasteiger charge is -2.14. The number of hydrogen-bond acceptors (Lipinski definition) is 10. The van der Waals surface area contributed by atoms with Crippen LogP contribution in [0.3, 0.4) is 0 Å². The zero-order valence-electron chi connectivity index (χ0n) is 19.3. The summed E-state index contributed by atoms with van der Waals surface area (Å²) in [4.78, 5) is 35.6. The third-order valence-corrected chi connectivity index (χ3v) is 4.67. The lowest BCUT2D eigenvalue weighted by atomic mass is 10.0. The fraction of sp³-hybridized carbons (Fsp3) is 0.273. The van der Waals surface area contributed by atoms with Crippen LogP contribution < -0.4 is 18.9 Å². The third kappa shape index (κ3) is 5.63. The maximum Gasteiger partial charge on any atom is 0.512 e. The minimum Gasteiger partial charge on any atom is -0.497 e. The summed E-state index contributed by atoms with van der Waals surface area (Å²) in [6.45, 7) is 3.46. The number of ether oxygens (including phenoxy) is 4. The van der Waals surface area contributed by atoms with E-state index in [0.717, 1.165) is 16.8 Å². The normalized spacial score (nSPS) is 10.7. The van der Waals surface area contributed by atoms with E-state index in [4.69, 9.17) is 18.9 Å². The van der Waals surface area contributed by atoms with E-state index < -0.39 is 39.7 Å². The van der Waals surface area contributed by atoms with Gasteiger partial charge in [-0.25, -0.2) is 9.48 Å². The van der Waals surface area contributed by atoms with Crippen LogP contribution in [0.5, 0.6) is 23.1 Å². The first kappa shape index (κ1) is 25.0. The van der Waals surface area contributed by atoms with Crippen LogP contribution >= 0.6 is 0 Å². The molecule has 0 fully saturated rings. The molecule has 1 N–H and O–H groups in total. The fourth-order valence-electron chi connectivity index (χ4n) is 3.15. The maximum absolute atomic E-state index is 13.4.